The standard InChI is InChI=1S/C15H11N3O/c16-18-17-14(11-19)15(12-7-3-1-4-8-12)13-9-5-2-6-10-13/h1-11H. The number of carbonyl (C=O) groups excluding carboxylic acids is 1. The fourth-order valence-electron chi connectivity index (χ4n) is 1.85. The maximum atomic E-state index is 11.2. The van der Waals surface area contributed by atoms with Crippen LogP contribution in [0.4, 0.5) is 0 Å². The molecule has 2 aromatic carbocycles. The van der Waals surface area contributed by atoms with Crippen LogP contribution in [0.1, 0.15) is 11.1 Å². The highest BCUT2D eigenvalue weighted by molar-refractivity contribution is 5.94. The number of rotatable bonds is 4. The van der Waals surface area contributed by atoms with Gasteiger partial charge >= 0.3 is 0 Å². The van der Waals surface area contributed by atoms with E-state index in [1.54, 1.807) is 0 Å². The molecule has 0 saturated heterocycles. The Morgan fingerprint density at radius 1 is 0.947 bits per heavy atom. The number of azide groups is 1. The van der Waals surface area contributed by atoms with Crippen LogP contribution in [0, 0.1) is 0 Å². The topological polar surface area (TPSA) is 65.8 Å². The van der Waals surface area contributed by atoms with Gasteiger partial charge in [-0.1, -0.05) is 65.8 Å². The summed E-state index contributed by atoms with van der Waals surface area (Å²) >= 11 is 0. The molecule has 2 rings (SSSR count). The molecule has 92 valence electrons. The summed E-state index contributed by atoms with van der Waals surface area (Å²) < 4.78 is 0. The molecule has 0 radical (unpaired) electrons. The highest BCUT2D eigenvalue weighted by atomic mass is 16.1. The minimum absolute atomic E-state index is 0.0832. The fourth-order valence-corrected chi connectivity index (χ4v) is 1.85. The summed E-state index contributed by atoms with van der Waals surface area (Å²) in [4.78, 5) is 13.9. The van der Waals surface area contributed by atoms with Crippen molar-refractivity contribution >= 4 is 11.9 Å². The van der Waals surface area contributed by atoms with E-state index in [9.17, 15) is 4.79 Å². The van der Waals surface area contributed by atoms with Crippen LogP contribution in [0.15, 0.2) is 71.5 Å². The lowest BCUT2D eigenvalue weighted by molar-refractivity contribution is -0.104. The molecule has 2 aromatic rings. The number of aldehydes is 1. The third-order valence-electron chi connectivity index (χ3n) is 2.65. The molecule has 4 nitrogen and oxygen atoms in total. The normalized spacial score (nSPS) is 9.26. The Labute approximate surface area is 110 Å². The van der Waals surface area contributed by atoms with Crippen LogP contribution >= 0.6 is 0 Å². The SMILES string of the molecule is [N-]=[N+]=NC(C=O)=C(c1ccccc1)c1ccccc1. The van der Waals surface area contributed by atoms with E-state index < -0.39 is 0 Å². The number of benzene rings is 2. The zero-order valence-electron chi connectivity index (χ0n) is 10.1. The summed E-state index contributed by atoms with van der Waals surface area (Å²) in [7, 11) is 0. The number of allylic oxidation sites excluding steroid dienone is 1. The second kappa shape index (κ2) is 6.19. The maximum absolute atomic E-state index is 11.2. The molecule has 0 heterocycles. The summed E-state index contributed by atoms with van der Waals surface area (Å²) in [5, 5.41) is 3.49. The first-order valence-electron chi connectivity index (χ1n) is 5.72. The Balaban J connectivity index is 2.71. The van der Waals surface area contributed by atoms with Gasteiger partial charge in [-0.15, -0.1) is 0 Å². The van der Waals surface area contributed by atoms with Crippen LogP contribution in [-0.4, -0.2) is 6.29 Å². The van der Waals surface area contributed by atoms with E-state index in [2.05, 4.69) is 10.0 Å². The largest absolute Gasteiger partial charge is 0.298 e. The Bertz CT molecular complexity index is 600. The van der Waals surface area contributed by atoms with Crippen molar-refractivity contribution in [2.75, 3.05) is 0 Å². The number of carbonyl (C=O) groups is 1. The van der Waals surface area contributed by atoms with Crippen molar-refractivity contribution < 1.29 is 4.79 Å². The highest BCUT2D eigenvalue weighted by Crippen LogP contribution is 2.26. The van der Waals surface area contributed by atoms with Gasteiger partial charge < -0.3 is 0 Å². The van der Waals surface area contributed by atoms with Crippen LogP contribution in [0.2, 0.25) is 0 Å². The Hall–Kier alpha value is -2.84. The van der Waals surface area contributed by atoms with Gasteiger partial charge in [0.05, 0.1) is 5.70 Å². The van der Waals surface area contributed by atoms with E-state index in [1.165, 1.54) is 0 Å². The van der Waals surface area contributed by atoms with Gasteiger partial charge in [0.15, 0.2) is 6.29 Å². The van der Waals surface area contributed by atoms with Crippen molar-refractivity contribution in [1.29, 1.82) is 0 Å². The molecule has 0 aliphatic rings. The molecule has 0 aromatic heterocycles. The lowest BCUT2D eigenvalue weighted by Gasteiger charge is -2.09. The van der Waals surface area contributed by atoms with Crippen LogP contribution in [0.3, 0.4) is 0 Å². The van der Waals surface area contributed by atoms with Crippen molar-refractivity contribution in [3.63, 3.8) is 0 Å². The van der Waals surface area contributed by atoms with Crippen LogP contribution < -0.4 is 0 Å². The number of hydrogen-bond donors (Lipinski definition) is 0. The number of hydrogen-bond acceptors (Lipinski definition) is 2. The minimum Gasteiger partial charge on any atom is -0.298 e. The van der Waals surface area contributed by atoms with Crippen molar-refractivity contribution in [3.8, 4) is 0 Å². The van der Waals surface area contributed by atoms with E-state index in [-0.39, 0.29) is 5.70 Å². The molecule has 0 saturated carbocycles. The predicted octanol–water partition coefficient (Wildman–Crippen LogP) is 3.96. The van der Waals surface area contributed by atoms with Gasteiger partial charge in [0.25, 0.3) is 0 Å². The second-order valence-corrected chi connectivity index (χ2v) is 3.80. The number of nitrogens with zero attached hydrogens (tertiary/aromatic N) is 3. The molecule has 0 aliphatic heterocycles. The first-order valence-corrected chi connectivity index (χ1v) is 5.72. The van der Waals surface area contributed by atoms with Crippen LogP contribution in [0.5, 0.6) is 0 Å². The molecule has 0 aliphatic carbocycles. The van der Waals surface area contributed by atoms with Gasteiger partial charge in [-0.2, -0.15) is 0 Å². The van der Waals surface area contributed by atoms with E-state index in [0.29, 0.717) is 11.9 Å². The zero-order valence-corrected chi connectivity index (χ0v) is 10.1. The third-order valence-corrected chi connectivity index (χ3v) is 2.65. The Morgan fingerprint density at radius 3 is 1.79 bits per heavy atom. The van der Waals surface area contributed by atoms with Gasteiger partial charge in [0.1, 0.15) is 0 Å². The van der Waals surface area contributed by atoms with Gasteiger partial charge in [-0.05, 0) is 16.7 Å². The Kier molecular flexibility index (Phi) is 4.11. The average Bonchev–Trinajstić information content (AvgIpc) is 2.49. The van der Waals surface area contributed by atoms with Gasteiger partial charge in [0, 0.05) is 10.5 Å². The van der Waals surface area contributed by atoms with E-state index in [0.717, 1.165) is 11.1 Å². The highest BCUT2D eigenvalue weighted by Gasteiger charge is 2.09. The van der Waals surface area contributed by atoms with Crippen molar-refractivity contribution in [3.05, 3.63) is 87.9 Å². The average molecular weight is 249 g/mol. The molecule has 0 N–H and O–H groups in total. The fraction of sp³-hybridized carbons (Fsp3) is 0. The van der Waals surface area contributed by atoms with Gasteiger partial charge in [-0.3, -0.25) is 4.79 Å². The maximum Gasteiger partial charge on any atom is 0.153 e. The monoisotopic (exact) mass is 249 g/mol. The summed E-state index contributed by atoms with van der Waals surface area (Å²) in [6, 6.07) is 18.8. The summed E-state index contributed by atoms with van der Waals surface area (Å²) in [6.45, 7) is 0. The molecular weight excluding hydrogens is 238 g/mol. The molecule has 0 spiro atoms. The second-order valence-electron chi connectivity index (χ2n) is 3.80. The lowest BCUT2D eigenvalue weighted by Crippen LogP contribution is -1.93. The molecular formula is C15H11N3O. The van der Waals surface area contributed by atoms with Crippen molar-refractivity contribution in [2.24, 2.45) is 5.11 Å². The smallest absolute Gasteiger partial charge is 0.153 e. The first kappa shape index (κ1) is 12.6. The van der Waals surface area contributed by atoms with Crippen LogP contribution in [-0.2, 0) is 4.79 Å². The van der Waals surface area contributed by atoms with Gasteiger partial charge in [0.2, 0.25) is 0 Å². The summed E-state index contributed by atoms with van der Waals surface area (Å²) in [5.41, 5.74) is 11.0. The molecule has 0 unspecified atom stereocenters. The Morgan fingerprint density at radius 2 is 1.42 bits per heavy atom. The van der Waals surface area contributed by atoms with Crippen molar-refractivity contribution in [2.45, 2.75) is 0 Å². The van der Waals surface area contributed by atoms with Gasteiger partial charge in [-0.25, -0.2) is 0 Å². The molecule has 0 atom stereocenters. The zero-order chi connectivity index (χ0) is 13.5. The molecule has 19 heavy (non-hydrogen) atoms. The minimum atomic E-state index is 0.0832. The molecule has 0 bridgehead atoms. The quantitative estimate of drug-likeness (QED) is 0.266. The lowest BCUT2D eigenvalue weighted by atomic mass is 9.96. The summed E-state index contributed by atoms with van der Waals surface area (Å²) in [6.07, 6.45) is 0.578. The van der Waals surface area contributed by atoms with Crippen molar-refractivity contribution in [1.82, 2.24) is 0 Å². The molecule has 4 heteroatoms. The van der Waals surface area contributed by atoms with Crippen LogP contribution in [0.25, 0.3) is 16.0 Å². The van der Waals surface area contributed by atoms with E-state index in [4.69, 9.17) is 5.53 Å². The van der Waals surface area contributed by atoms with E-state index in [1.807, 2.05) is 60.7 Å². The van der Waals surface area contributed by atoms with E-state index >= 15 is 0 Å². The molecule has 0 amide bonds. The molecule has 0 fully saturated rings. The summed E-state index contributed by atoms with van der Waals surface area (Å²) in [5.74, 6) is 0. The predicted molar refractivity (Wildman–Crippen MR) is 74.1 cm³/mol. The first-order chi connectivity index (χ1) is 9.36. The third kappa shape index (κ3) is 2.89.